The van der Waals surface area contributed by atoms with E-state index in [4.69, 9.17) is 10.5 Å². The van der Waals surface area contributed by atoms with Crippen LogP contribution in [0.3, 0.4) is 0 Å². The van der Waals surface area contributed by atoms with Crippen LogP contribution in [0, 0.1) is 5.92 Å². The van der Waals surface area contributed by atoms with Crippen molar-refractivity contribution in [1.82, 2.24) is 0 Å². The summed E-state index contributed by atoms with van der Waals surface area (Å²) in [6, 6.07) is 7.92. The summed E-state index contributed by atoms with van der Waals surface area (Å²) in [7, 11) is 0. The van der Waals surface area contributed by atoms with Crippen LogP contribution in [-0.4, -0.2) is 23.9 Å². The van der Waals surface area contributed by atoms with Crippen molar-refractivity contribution in [2.75, 3.05) is 6.61 Å². The number of hydrogen-bond acceptors (Lipinski definition) is 3. The number of nitrogens with two attached hydrogens (primary N) is 1. The Bertz CT molecular complexity index is 348. The third-order valence-electron chi connectivity index (χ3n) is 3.41. The van der Waals surface area contributed by atoms with Gasteiger partial charge in [-0.1, -0.05) is 39.3 Å². The van der Waals surface area contributed by atoms with E-state index in [9.17, 15) is 5.11 Å². The maximum absolute atomic E-state index is 9.37. The van der Waals surface area contributed by atoms with Gasteiger partial charge >= 0.3 is 0 Å². The zero-order valence-corrected chi connectivity index (χ0v) is 12.3. The fourth-order valence-electron chi connectivity index (χ4n) is 1.96. The van der Waals surface area contributed by atoms with Gasteiger partial charge in [-0.3, -0.25) is 0 Å². The van der Waals surface area contributed by atoms with Crippen molar-refractivity contribution in [3.8, 4) is 5.75 Å². The average molecular weight is 265 g/mol. The largest absolute Gasteiger partial charge is 0.486 e. The Balaban J connectivity index is 2.60. The Morgan fingerprint density at radius 1 is 1.21 bits per heavy atom. The second kappa shape index (κ2) is 8.18. The lowest BCUT2D eigenvalue weighted by Crippen LogP contribution is -2.45. The lowest BCUT2D eigenvalue weighted by Gasteiger charge is -2.26. The minimum Gasteiger partial charge on any atom is -0.486 e. The van der Waals surface area contributed by atoms with E-state index < -0.39 is 0 Å². The lowest BCUT2D eigenvalue weighted by atomic mass is 10.00. The number of aliphatic hydroxyl groups is 1. The third kappa shape index (κ3) is 5.21. The highest BCUT2D eigenvalue weighted by molar-refractivity contribution is 5.27. The van der Waals surface area contributed by atoms with Gasteiger partial charge in [-0.05, 0) is 36.5 Å². The van der Waals surface area contributed by atoms with E-state index in [2.05, 4.69) is 19.1 Å². The molecule has 19 heavy (non-hydrogen) atoms. The molecule has 0 bridgehead atoms. The Kier molecular flexibility index (Phi) is 6.89. The molecule has 0 amide bonds. The molecule has 0 aliphatic rings. The standard InChI is InChI=1S/C16H27NO2/c1-4-5-6-13-7-9-14(10-8-13)19-15(11-18)16(17)12(2)3/h7-10,12,15-16,18H,4-6,11,17H2,1-3H3. The molecular weight excluding hydrogens is 238 g/mol. The van der Waals surface area contributed by atoms with Gasteiger partial charge in [0.15, 0.2) is 0 Å². The molecule has 0 heterocycles. The van der Waals surface area contributed by atoms with Crippen LogP contribution in [-0.2, 0) is 6.42 Å². The van der Waals surface area contributed by atoms with Gasteiger partial charge in [0, 0.05) is 6.04 Å². The van der Waals surface area contributed by atoms with Crippen LogP contribution in [0.4, 0.5) is 0 Å². The summed E-state index contributed by atoms with van der Waals surface area (Å²) in [5, 5.41) is 9.37. The molecule has 1 aromatic carbocycles. The van der Waals surface area contributed by atoms with Gasteiger partial charge in [-0.2, -0.15) is 0 Å². The summed E-state index contributed by atoms with van der Waals surface area (Å²) in [4.78, 5) is 0. The number of benzene rings is 1. The molecule has 0 aliphatic heterocycles. The molecule has 0 radical (unpaired) electrons. The van der Waals surface area contributed by atoms with Gasteiger partial charge in [-0.25, -0.2) is 0 Å². The van der Waals surface area contributed by atoms with E-state index >= 15 is 0 Å². The molecule has 2 unspecified atom stereocenters. The summed E-state index contributed by atoms with van der Waals surface area (Å²) in [6.07, 6.45) is 3.17. The fraction of sp³-hybridized carbons (Fsp3) is 0.625. The van der Waals surface area contributed by atoms with Gasteiger partial charge in [0.2, 0.25) is 0 Å². The van der Waals surface area contributed by atoms with E-state index in [1.54, 1.807) is 0 Å². The van der Waals surface area contributed by atoms with Crippen molar-refractivity contribution in [3.05, 3.63) is 29.8 Å². The molecule has 0 saturated carbocycles. The van der Waals surface area contributed by atoms with Crippen molar-refractivity contribution >= 4 is 0 Å². The molecule has 1 rings (SSSR count). The fourth-order valence-corrected chi connectivity index (χ4v) is 1.96. The van der Waals surface area contributed by atoms with Crippen LogP contribution in [0.15, 0.2) is 24.3 Å². The molecule has 2 atom stereocenters. The average Bonchev–Trinajstić information content (AvgIpc) is 2.43. The second-order valence-corrected chi connectivity index (χ2v) is 5.41. The summed E-state index contributed by atoms with van der Waals surface area (Å²) < 4.78 is 5.77. The minimum absolute atomic E-state index is 0.0586. The Morgan fingerprint density at radius 2 is 1.84 bits per heavy atom. The first kappa shape index (κ1) is 16.0. The molecule has 3 nitrogen and oxygen atoms in total. The van der Waals surface area contributed by atoms with Crippen LogP contribution < -0.4 is 10.5 Å². The summed E-state index contributed by atoms with van der Waals surface area (Å²) >= 11 is 0. The number of ether oxygens (including phenoxy) is 1. The van der Waals surface area contributed by atoms with E-state index in [0.29, 0.717) is 0 Å². The third-order valence-corrected chi connectivity index (χ3v) is 3.41. The first-order valence-corrected chi connectivity index (χ1v) is 7.20. The van der Waals surface area contributed by atoms with Crippen LogP contribution in [0.5, 0.6) is 5.75 Å². The monoisotopic (exact) mass is 265 g/mol. The van der Waals surface area contributed by atoms with Crippen LogP contribution >= 0.6 is 0 Å². The van der Waals surface area contributed by atoms with E-state index in [1.165, 1.54) is 18.4 Å². The van der Waals surface area contributed by atoms with Crippen molar-refractivity contribution in [2.24, 2.45) is 11.7 Å². The maximum atomic E-state index is 9.37. The molecule has 108 valence electrons. The molecule has 0 fully saturated rings. The molecule has 1 aromatic rings. The van der Waals surface area contributed by atoms with Gasteiger partial charge in [0.05, 0.1) is 6.61 Å². The highest BCUT2D eigenvalue weighted by Crippen LogP contribution is 2.17. The molecule has 0 aliphatic carbocycles. The van der Waals surface area contributed by atoms with Crippen molar-refractivity contribution in [1.29, 1.82) is 0 Å². The number of aryl methyl sites for hydroxylation is 1. The van der Waals surface area contributed by atoms with Crippen LogP contribution in [0.25, 0.3) is 0 Å². The summed E-state index contributed by atoms with van der Waals surface area (Å²) in [6.45, 7) is 6.20. The smallest absolute Gasteiger partial charge is 0.137 e. The molecule has 0 spiro atoms. The minimum atomic E-state index is -0.346. The number of rotatable bonds is 8. The van der Waals surface area contributed by atoms with Crippen molar-refractivity contribution in [2.45, 2.75) is 52.2 Å². The van der Waals surface area contributed by atoms with E-state index in [-0.39, 0.29) is 24.7 Å². The highest BCUT2D eigenvalue weighted by atomic mass is 16.5. The molecular formula is C16H27NO2. The molecule has 0 aromatic heterocycles. The van der Waals surface area contributed by atoms with Gasteiger partial charge in [-0.15, -0.1) is 0 Å². The molecule has 0 saturated heterocycles. The Morgan fingerprint density at radius 3 is 2.32 bits per heavy atom. The van der Waals surface area contributed by atoms with Crippen LogP contribution in [0.2, 0.25) is 0 Å². The Labute approximate surface area is 116 Å². The Hall–Kier alpha value is -1.06. The summed E-state index contributed by atoms with van der Waals surface area (Å²) in [5.74, 6) is 1.05. The van der Waals surface area contributed by atoms with Gasteiger partial charge in [0.25, 0.3) is 0 Å². The number of unbranched alkanes of at least 4 members (excludes halogenated alkanes) is 1. The second-order valence-electron chi connectivity index (χ2n) is 5.41. The van der Waals surface area contributed by atoms with Gasteiger partial charge in [0.1, 0.15) is 11.9 Å². The first-order valence-electron chi connectivity index (χ1n) is 7.20. The predicted octanol–water partition coefficient (Wildman–Crippen LogP) is 2.75. The van der Waals surface area contributed by atoms with Crippen molar-refractivity contribution in [3.63, 3.8) is 0 Å². The van der Waals surface area contributed by atoms with Gasteiger partial charge < -0.3 is 15.6 Å². The number of aliphatic hydroxyl groups excluding tert-OH is 1. The normalized spacial score (nSPS) is 14.4. The summed E-state index contributed by atoms with van der Waals surface area (Å²) in [5.41, 5.74) is 7.35. The zero-order chi connectivity index (χ0) is 14.3. The quantitative estimate of drug-likeness (QED) is 0.760. The van der Waals surface area contributed by atoms with Crippen LogP contribution in [0.1, 0.15) is 39.2 Å². The zero-order valence-electron chi connectivity index (χ0n) is 12.3. The highest BCUT2D eigenvalue weighted by Gasteiger charge is 2.21. The van der Waals surface area contributed by atoms with E-state index in [1.807, 2.05) is 26.0 Å². The molecule has 3 heteroatoms. The lowest BCUT2D eigenvalue weighted by molar-refractivity contribution is 0.0811. The maximum Gasteiger partial charge on any atom is 0.137 e. The van der Waals surface area contributed by atoms with Crippen molar-refractivity contribution < 1.29 is 9.84 Å². The SMILES string of the molecule is CCCCc1ccc(OC(CO)C(N)C(C)C)cc1. The van der Waals surface area contributed by atoms with E-state index in [0.717, 1.165) is 12.2 Å². The first-order chi connectivity index (χ1) is 9.08. The topological polar surface area (TPSA) is 55.5 Å². The predicted molar refractivity (Wildman–Crippen MR) is 79.4 cm³/mol. The number of hydrogen-bond donors (Lipinski definition) is 2. The molecule has 3 N–H and O–H groups in total.